The van der Waals surface area contributed by atoms with Crippen LogP contribution in [-0.2, 0) is 4.74 Å². The van der Waals surface area contributed by atoms with Crippen LogP contribution < -0.4 is 4.74 Å². The minimum absolute atomic E-state index is 0.0920. The van der Waals surface area contributed by atoms with Gasteiger partial charge in [0.05, 0.1) is 10.1 Å². The fourth-order valence-corrected chi connectivity index (χ4v) is 2.76. The molecule has 1 heterocycles. The first-order valence-corrected chi connectivity index (χ1v) is 6.81. The molecule has 0 aliphatic carbocycles. The summed E-state index contributed by atoms with van der Waals surface area (Å²) in [7, 11) is 0. The first-order valence-electron chi connectivity index (χ1n) is 6.01. The molecule has 1 aromatic rings. The van der Waals surface area contributed by atoms with Gasteiger partial charge in [-0.1, -0.05) is 0 Å². The molecule has 0 radical (unpaired) electrons. The number of rotatable bonds is 2. The minimum Gasteiger partial charge on any atom is -0.486 e. The van der Waals surface area contributed by atoms with E-state index in [0.717, 1.165) is 10.9 Å². The molecule has 0 bridgehead atoms. The van der Waals surface area contributed by atoms with E-state index < -0.39 is 0 Å². The second-order valence-corrected chi connectivity index (χ2v) is 6.70. The molecule has 0 N–H and O–H groups in total. The summed E-state index contributed by atoms with van der Waals surface area (Å²) in [5.74, 6) is 0.221. The van der Waals surface area contributed by atoms with Gasteiger partial charge in [-0.2, -0.15) is 0 Å². The van der Waals surface area contributed by atoms with E-state index in [1.807, 2.05) is 27.7 Å². The van der Waals surface area contributed by atoms with Gasteiger partial charge in [-0.05, 0) is 55.8 Å². The molecule has 1 saturated heterocycles. The van der Waals surface area contributed by atoms with Gasteiger partial charge in [-0.3, -0.25) is 0 Å². The molecule has 1 aliphatic rings. The normalized spacial score (nSPS) is 25.1. The van der Waals surface area contributed by atoms with Gasteiger partial charge < -0.3 is 9.47 Å². The zero-order valence-electron chi connectivity index (χ0n) is 11.1. The van der Waals surface area contributed by atoms with Crippen molar-refractivity contribution in [2.24, 2.45) is 0 Å². The van der Waals surface area contributed by atoms with Gasteiger partial charge in [0.2, 0.25) is 0 Å². The Morgan fingerprint density at radius 2 is 2.00 bits per heavy atom. The lowest BCUT2D eigenvalue weighted by Gasteiger charge is -2.27. The van der Waals surface area contributed by atoms with E-state index >= 15 is 0 Å². The zero-order valence-corrected chi connectivity index (χ0v) is 12.7. The fourth-order valence-electron chi connectivity index (χ4n) is 2.42. The second kappa shape index (κ2) is 4.49. The van der Waals surface area contributed by atoms with Crippen molar-refractivity contribution in [3.8, 4) is 5.75 Å². The Labute approximate surface area is 116 Å². The third kappa shape index (κ3) is 2.86. The largest absolute Gasteiger partial charge is 0.486 e. The van der Waals surface area contributed by atoms with Crippen molar-refractivity contribution in [2.75, 3.05) is 0 Å². The van der Waals surface area contributed by atoms with Gasteiger partial charge >= 0.3 is 0 Å². The molecule has 1 fully saturated rings. The van der Waals surface area contributed by atoms with Crippen molar-refractivity contribution in [1.82, 2.24) is 0 Å². The highest BCUT2D eigenvalue weighted by molar-refractivity contribution is 9.10. The summed E-state index contributed by atoms with van der Waals surface area (Å²) < 4.78 is 25.9. The summed E-state index contributed by atoms with van der Waals surface area (Å²) in [5.41, 5.74) is -0.594. The fraction of sp³-hybridized carbons (Fsp3) is 0.571. The SMILES string of the molecule is CC1(C)CC(Oc2cc(F)ccc2Br)C(C)(C)O1. The predicted molar refractivity (Wildman–Crippen MR) is 72.4 cm³/mol. The highest BCUT2D eigenvalue weighted by Gasteiger charge is 2.47. The number of hydrogen-bond donors (Lipinski definition) is 0. The average Bonchev–Trinajstić information content (AvgIpc) is 2.40. The van der Waals surface area contributed by atoms with Crippen LogP contribution in [0.3, 0.4) is 0 Å². The van der Waals surface area contributed by atoms with Crippen LogP contribution in [0.2, 0.25) is 0 Å². The van der Waals surface area contributed by atoms with E-state index in [9.17, 15) is 4.39 Å². The Hall–Kier alpha value is -0.610. The van der Waals surface area contributed by atoms with Crippen LogP contribution in [0.1, 0.15) is 34.1 Å². The molecule has 2 nitrogen and oxygen atoms in total. The molecular formula is C14H18BrFO2. The molecule has 2 rings (SSSR count). The van der Waals surface area contributed by atoms with Crippen molar-refractivity contribution in [3.63, 3.8) is 0 Å². The summed E-state index contributed by atoms with van der Waals surface area (Å²) in [4.78, 5) is 0. The van der Waals surface area contributed by atoms with Crippen LogP contribution in [-0.4, -0.2) is 17.3 Å². The molecule has 0 amide bonds. The maximum Gasteiger partial charge on any atom is 0.136 e. The van der Waals surface area contributed by atoms with Crippen molar-refractivity contribution < 1.29 is 13.9 Å². The molecule has 0 saturated carbocycles. The van der Waals surface area contributed by atoms with E-state index in [1.54, 1.807) is 6.07 Å². The Morgan fingerprint density at radius 1 is 1.33 bits per heavy atom. The molecule has 18 heavy (non-hydrogen) atoms. The van der Waals surface area contributed by atoms with E-state index in [1.165, 1.54) is 12.1 Å². The summed E-state index contributed by atoms with van der Waals surface area (Å²) >= 11 is 3.37. The quantitative estimate of drug-likeness (QED) is 0.809. The lowest BCUT2D eigenvalue weighted by Crippen LogP contribution is -2.36. The first kappa shape index (κ1) is 13.8. The Kier molecular flexibility index (Phi) is 3.45. The van der Waals surface area contributed by atoms with Crippen molar-refractivity contribution in [2.45, 2.75) is 51.4 Å². The van der Waals surface area contributed by atoms with E-state index in [0.29, 0.717) is 5.75 Å². The van der Waals surface area contributed by atoms with Crippen molar-refractivity contribution >= 4 is 15.9 Å². The van der Waals surface area contributed by atoms with E-state index in [-0.39, 0.29) is 23.1 Å². The third-order valence-electron chi connectivity index (χ3n) is 3.15. The molecule has 1 unspecified atom stereocenters. The van der Waals surface area contributed by atoms with Crippen LogP contribution in [0, 0.1) is 5.82 Å². The smallest absolute Gasteiger partial charge is 0.136 e. The van der Waals surface area contributed by atoms with Crippen LogP contribution in [0.15, 0.2) is 22.7 Å². The highest BCUT2D eigenvalue weighted by atomic mass is 79.9. The van der Waals surface area contributed by atoms with Crippen molar-refractivity contribution in [1.29, 1.82) is 0 Å². The monoisotopic (exact) mass is 316 g/mol. The van der Waals surface area contributed by atoms with E-state index in [2.05, 4.69) is 15.9 Å². The maximum atomic E-state index is 13.2. The van der Waals surface area contributed by atoms with Crippen molar-refractivity contribution in [3.05, 3.63) is 28.5 Å². The van der Waals surface area contributed by atoms with Crippen LogP contribution in [0.5, 0.6) is 5.75 Å². The molecular weight excluding hydrogens is 299 g/mol. The lowest BCUT2D eigenvalue weighted by molar-refractivity contribution is -0.0847. The number of hydrogen-bond acceptors (Lipinski definition) is 2. The number of halogens is 2. The molecule has 4 heteroatoms. The Balaban J connectivity index is 2.21. The third-order valence-corrected chi connectivity index (χ3v) is 3.81. The van der Waals surface area contributed by atoms with Gasteiger partial charge in [0, 0.05) is 12.5 Å². The predicted octanol–water partition coefficient (Wildman–Crippen LogP) is 4.31. The molecule has 1 aliphatic heterocycles. The van der Waals surface area contributed by atoms with Crippen LogP contribution in [0.4, 0.5) is 4.39 Å². The van der Waals surface area contributed by atoms with Gasteiger partial charge in [-0.25, -0.2) is 4.39 Å². The Morgan fingerprint density at radius 3 is 2.56 bits per heavy atom. The first-order chi connectivity index (χ1) is 8.20. The summed E-state index contributed by atoms with van der Waals surface area (Å²) in [5, 5.41) is 0. The van der Waals surface area contributed by atoms with Crippen LogP contribution >= 0.6 is 15.9 Å². The molecule has 0 aromatic heterocycles. The number of ether oxygens (including phenoxy) is 2. The molecule has 0 spiro atoms. The standard InChI is InChI=1S/C14H18BrFO2/c1-13(2)8-12(14(3,4)18-13)17-11-7-9(16)5-6-10(11)15/h5-7,12H,8H2,1-4H3. The van der Waals surface area contributed by atoms with Gasteiger partial charge in [0.1, 0.15) is 23.3 Å². The summed E-state index contributed by atoms with van der Waals surface area (Å²) in [6, 6.07) is 4.45. The molecule has 1 aromatic carbocycles. The molecule has 100 valence electrons. The summed E-state index contributed by atoms with van der Waals surface area (Å²) in [6.07, 6.45) is 0.689. The zero-order chi connectivity index (χ0) is 13.6. The maximum absolute atomic E-state index is 13.2. The lowest BCUT2D eigenvalue weighted by atomic mass is 9.97. The number of benzene rings is 1. The topological polar surface area (TPSA) is 18.5 Å². The van der Waals surface area contributed by atoms with Gasteiger partial charge in [0.15, 0.2) is 0 Å². The van der Waals surface area contributed by atoms with Gasteiger partial charge in [0.25, 0.3) is 0 Å². The Bertz CT molecular complexity index is 457. The van der Waals surface area contributed by atoms with Crippen LogP contribution in [0.25, 0.3) is 0 Å². The minimum atomic E-state index is -0.380. The average molecular weight is 317 g/mol. The highest BCUT2D eigenvalue weighted by Crippen LogP contribution is 2.40. The molecule has 1 atom stereocenters. The second-order valence-electron chi connectivity index (χ2n) is 5.85. The van der Waals surface area contributed by atoms with E-state index in [4.69, 9.17) is 9.47 Å². The summed E-state index contributed by atoms with van der Waals surface area (Å²) in [6.45, 7) is 8.08. The van der Waals surface area contributed by atoms with Gasteiger partial charge in [-0.15, -0.1) is 0 Å².